The Bertz CT molecular complexity index is 122. The first-order valence-electron chi connectivity index (χ1n) is 3.88. The molecule has 0 aromatic rings. The van der Waals surface area contributed by atoms with Crippen LogP contribution in [0.1, 0.15) is 33.1 Å². The Labute approximate surface area is 61.2 Å². The normalized spacial score (nSPS) is 49.2. The van der Waals surface area contributed by atoms with Gasteiger partial charge in [-0.25, -0.2) is 4.39 Å². The highest BCUT2D eigenvalue weighted by Gasteiger charge is 2.34. The van der Waals surface area contributed by atoms with Crippen LogP contribution in [0.15, 0.2) is 0 Å². The van der Waals surface area contributed by atoms with Gasteiger partial charge in [0.1, 0.15) is 5.67 Å². The second-order valence-electron chi connectivity index (χ2n) is 3.70. The zero-order chi connectivity index (χ0) is 7.78. The van der Waals surface area contributed by atoms with Gasteiger partial charge in [0.05, 0.1) is 6.10 Å². The Morgan fingerprint density at radius 2 is 2.20 bits per heavy atom. The first-order chi connectivity index (χ1) is 4.51. The minimum Gasteiger partial charge on any atom is -0.393 e. The van der Waals surface area contributed by atoms with Crippen molar-refractivity contribution in [3.05, 3.63) is 0 Å². The SMILES string of the molecule is CC1CCC(C)(F)CC1O. The summed E-state index contributed by atoms with van der Waals surface area (Å²) in [6.45, 7) is 3.54. The smallest absolute Gasteiger partial charge is 0.110 e. The molecular weight excluding hydrogens is 131 g/mol. The van der Waals surface area contributed by atoms with Crippen molar-refractivity contribution in [1.82, 2.24) is 0 Å². The highest BCUT2D eigenvalue weighted by molar-refractivity contribution is 4.85. The van der Waals surface area contributed by atoms with Crippen LogP contribution in [0.2, 0.25) is 0 Å². The van der Waals surface area contributed by atoms with Crippen LogP contribution in [0.4, 0.5) is 4.39 Å². The summed E-state index contributed by atoms with van der Waals surface area (Å²) in [6, 6.07) is 0. The maximum atomic E-state index is 13.1. The molecule has 1 saturated carbocycles. The molecule has 1 N–H and O–H groups in total. The lowest BCUT2D eigenvalue weighted by Crippen LogP contribution is -2.35. The van der Waals surface area contributed by atoms with E-state index < -0.39 is 11.8 Å². The summed E-state index contributed by atoms with van der Waals surface area (Å²) in [5, 5.41) is 9.27. The van der Waals surface area contributed by atoms with Crippen LogP contribution in [0.5, 0.6) is 0 Å². The number of aliphatic hydroxyl groups excluding tert-OH is 1. The van der Waals surface area contributed by atoms with Crippen molar-refractivity contribution in [2.75, 3.05) is 0 Å². The van der Waals surface area contributed by atoms with Crippen LogP contribution in [-0.2, 0) is 0 Å². The number of hydrogen-bond acceptors (Lipinski definition) is 1. The van der Waals surface area contributed by atoms with Crippen LogP contribution in [0, 0.1) is 5.92 Å². The molecule has 3 atom stereocenters. The van der Waals surface area contributed by atoms with Crippen LogP contribution in [0.25, 0.3) is 0 Å². The van der Waals surface area contributed by atoms with Gasteiger partial charge in [0.2, 0.25) is 0 Å². The summed E-state index contributed by atoms with van der Waals surface area (Å²) < 4.78 is 13.1. The van der Waals surface area contributed by atoms with Gasteiger partial charge >= 0.3 is 0 Å². The third-order valence-electron chi connectivity index (χ3n) is 2.41. The van der Waals surface area contributed by atoms with E-state index in [1.54, 1.807) is 6.92 Å². The monoisotopic (exact) mass is 146 g/mol. The number of rotatable bonds is 0. The third kappa shape index (κ3) is 1.69. The second kappa shape index (κ2) is 2.50. The van der Waals surface area contributed by atoms with Gasteiger partial charge in [0.25, 0.3) is 0 Å². The first-order valence-corrected chi connectivity index (χ1v) is 3.88. The van der Waals surface area contributed by atoms with E-state index in [4.69, 9.17) is 0 Å². The lowest BCUT2D eigenvalue weighted by molar-refractivity contribution is -0.00430. The summed E-state index contributed by atoms with van der Waals surface area (Å²) in [5.41, 5.74) is -1.12. The van der Waals surface area contributed by atoms with E-state index in [9.17, 15) is 9.50 Å². The number of aliphatic hydroxyl groups is 1. The molecule has 0 amide bonds. The van der Waals surface area contributed by atoms with Crippen molar-refractivity contribution in [3.8, 4) is 0 Å². The molecule has 0 aromatic heterocycles. The molecule has 10 heavy (non-hydrogen) atoms. The van der Waals surface area contributed by atoms with Crippen molar-refractivity contribution in [2.24, 2.45) is 5.92 Å². The van der Waals surface area contributed by atoms with E-state index in [0.717, 1.165) is 6.42 Å². The third-order valence-corrected chi connectivity index (χ3v) is 2.41. The zero-order valence-electron chi connectivity index (χ0n) is 6.60. The highest BCUT2D eigenvalue weighted by Crippen LogP contribution is 2.34. The number of hydrogen-bond donors (Lipinski definition) is 1. The first kappa shape index (κ1) is 7.99. The molecule has 1 rings (SSSR count). The lowest BCUT2D eigenvalue weighted by Gasteiger charge is -2.33. The fourth-order valence-corrected chi connectivity index (χ4v) is 1.46. The average molecular weight is 146 g/mol. The lowest BCUT2D eigenvalue weighted by atomic mass is 9.80. The summed E-state index contributed by atoms with van der Waals surface area (Å²) in [6.07, 6.45) is 1.30. The summed E-state index contributed by atoms with van der Waals surface area (Å²) in [4.78, 5) is 0. The zero-order valence-corrected chi connectivity index (χ0v) is 6.60. The predicted molar refractivity (Wildman–Crippen MR) is 38.5 cm³/mol. The Morgan fingerprint density at radius 1 is 1.60 bits per heavy atom. The molecule has 0 spiro atoms. The standard InChI is InChI=1S/C8H15FO/c1-6-3-4-8(2,9)5-7(6)10/h6-7,10H,3-5H2,1-2H3. The van der Waals surface area contributed by atoms with Crippen LogP contribution < -0.4 is 0 Å². The van der Waals surface area contributed by atoms with Crippen LogP contribution >= 0.6 is 0 Å². The van der Waals surface area contributed by atoms with Crippen molar-refractivity contribution >= 4 is 0 Å². The highest BCUT2D eigenvalue weighted by atomic mass is 19.1. The minimum absolute atomic E-state index is 0.281. The summed E-state index contributed by atoms with van der Waals surface area (Å²) in [7, 11) is 0. The molecule has 1 fully saturated rings. The van der Waals surface area contributed by atoms with E-state index in [-0.39, 0.29) is 5.92 Å². The topological polar surface area (TPSA) is 20.2 Å². The number of halogens is 1. The maximum absolute atomic E-state index is 13.1. The summed E-state index contributed by atoms with van der Waals surface area (Å²) >= 11 is 0. The van der Waals surface area contributed by atoms with Gasteiger partial charge in [-0.3, -0.25) is 0 Å². The second-order valence-corrected chi connectivity index (χ2v) is 3.70. The molecule has 60 valence electrons. The molecule has 3 unspecified atom stereocenters. The molecule has 0 aliphatic heterocycles. The Hall–Kier alpha value is -0.110. The molecule has 1 aliphatic carbocycles. The van der Waals surface area contributed by atoms with Gasteiger partial charge in [-0.05, 0) is 25.7 Å². The van der Waals surface area contributed by atoms with Gasteiger partial charge in [-0.1, -0.05) is 6.92 Å². The minimum atomic E-state index is -1.12. The van der Waals surface area contributed by atoms with E-state index in [2.05, 4.69) is 0 Å². The number of alkyl halides is 1. The Balaban J connectivity index is 2.49. The van der Waals surface area contributed by atoms with Crippen molar-refractivity contribution in [3.63, 3.8) is 0 Å². The fraction of sp³-hybridized carbons (Fsp3) is 1.00. The molecule has 2 heteroatoms. The summed E-state index contributed by atoms with van der Waals surface area (Å²) in [5.74, 6) is 0.281. The van der Waals surface area contributed by atoms with Gasteiger partial charge in [-0.15, -0.1) is 0 Å². The molecule has 1 nitrogen and oxygen atoms in total. The van der Waals surface area contributed by atoms with Crippen molar-refractivity contribution in [2.45, 2.75) is 44.9 Å². The van der Waals surface area contributed by atoms with Gasteiger partial charge < -0.3 is 5.11 Å². The van der Waals surface area contributed by atoms with Crippen LogP contribution in [0.3, 0.4) is 0 Å². The van der Waals surface area contributed by atoms with Crippen molar-refractivity contribution in [1.29, 1.82) is 0 Å². The van der Waals surface area contributed by atoms with Gasteiger partial charge in [-0.2, -0.15) is 0 Å². The predicted octanol–water partition coefficient (Wildman–Crippen LogP) is 1.90. The largest absolute Gasteiger partial charge is 0.393 e. The molecule has 0 aromatic carbocycles. The van der Waals surface area contributed by atoms with E-state index in [0.29, 0.717) is 12.8 Å². The fourth-order valence-electron chi connectivity index (χ4n) is 1.46. The Kier molecular flexibility index (Phi) is 1.99. The molecular formula is C8H15FO. The Morgan fingerprint density at radius 3 is 2.60 bits per heavy atom. The maximum Gasteiger partial charge on any atom is 0.110 e. The quantitative estimate of drug-likeness (QED) is 0.553. The van der Waals surface area contributed by atoms with Gasteiger partial charge in [0, 0.05) is 6.42 Å². The van der Waals surface area contributed by atoms with E-state index >= 15 is 0 Å². The molecule has 0 heterocycles. The molecule has 1 aliphatic rings. The van der Waals surface area contributed by atoms with Crippen molar-refractivity contribution < 1.29 is 9.50 Å². The van der Waals surface area contributed by atoms with Crippen LogP contribution in [-0.4, -0.2) is 16.9 Å². The van der Waals surface area contributed by atoms with Gasteiger partial charge in [0.15, 0.2) is 0 Å². The average Bonchev–Trinajstić information content (AvgIpc) is 1.79. The molecule has 0 radical (unpaired) electrons. The van der Waals surface area contributed by atoms with E-state index in [1.165, 1.54) is 0 Å². The molecule has 0 bridgehead atoms. The van der Waals surface area contributed by atoms with E-state index in [1.807, 2.05) is 6.92 Å². The molecule has 0 saturated heterocycles.